The maximum absolute atomic E-state index is 12.7. The van der Waals surface area contributed by atoms with Crippen LogP contribution in [0.3, 0.4) is 0 Å². The van der Waals surface area contributed by atoms with Gasteiger partial charge in [0.25, 0.3) is 0 Å². The Morgan fingerprint density at radius 1 is 1.09 bits per heavy atom. The van der Waals surface area contributed by atoms with Crippen molar-refractivity contribution >= 4 is 22.2 Å². The number of anilines is 1. The fourth-order valence-corrected chi connectivity index (χ4v) is 6.46. The van der Waals surface area contributed by atoms with Crippen LogP contribution >= 0.6 is 11.5 Å². The number of aryl methyl sites for hydroxylation is 1. The van der Waals surface area contributed by atoms with Crippen molar-refractivity contribution in [3.63, 3.8) is 0 Å². The van der Waals surface area contributed by atoms with Gasteiger partial charge in [-0.05, 0) is 84.9 Å². The zero-order chi connectivity index (χ0) is 24.2. The third kappa shape index (κ3) is 4.47. The first-order chi connectivity index (χ1) is 16.8. The summed E-state index contributed by atoms with van der Waals surface area (Å²) in [7, 11) is 0. The van der Waals surface area contributed by atoms with Crippen molar-refractivity contribution < 1.29 is 17.9 Å². The first-order valence-electron chi connectivity index (χ1n) is 11.7. The van der Waals surface area contributed by atoms with Crippen LogP contribution in [0.25, 0.3) is 16.8 Å². The predicted molar refractivity (Wildman–Crippen MR) is 128 cm³/mol. The molecular weight excluding hydrogens is 475 g/mol. The molecule has 2 aliphatic rings. The lowest BCUT2D eigenvalue weighted by Gasteiger charge is -2.38. The minimum absolute atomic E-state index is 0.254. The summed E-state index contributed by atoms with van der Waals surface area (Å²) in [6.07, 6.45) is 0.334. The van der Waals surface area contributed by atoms with Gasteiger partial charge in [-0.1, -0.05) is 12.1 Å². The maximum Gasteiger partial charge on any atom is 0.573 e. The zero-order valence-electron chi connectivity index (χ0n) is 19.1. The molecule has 10 heteroatoms. The highest BCUT2D eigenvalue weighted by Crippen LogP contribution is 2.45. The maximum atomic E-state index is 12.7. The summed E-state index contributed by atoms with van der Waals surface area (Å²) in [5.41, 5.74) is 3.03. The van der Waals surface area contributed by atoms with Gasteiger partial charge in [-0.3, -0.25) is 0 Å². The SMILES string of the molecule is Cc1cc(N2C[C@H]3CC[C@@H](C2)C3Cc2nc3c(-c4cccc(OC(F)(F)F)c4)cccn3n2)sn1. The summed E-state index contributed by atoms with van der Waals surface area (Å²) in [6, 6.07) is 11.8. The fraction of sp³-hybridized carbons (Fsp3) is 0.400. The molecule has 1 saturated heterocycles. The summed E-state index contributed by atoms with van der Waals surface area (Å²) >= 11 is 1.58. The molecule has 0 radical (unpaired) electrons. The lowest BCUT2D eigenvalue weighted by atomic mass is 9.82. The number of benzene rings is 1. The quantitative estimate of drug-likeness (QED) is 0.349. The van der Waals surface area contributed by atoms with Gasteiger partial charge in [-0.25, -0.2) is 9.50 Å². The largest absolute Gasteiger partial charge is 0.573 e. The van der Waals surface area contributed by atoms with E-state index >= 15 is 0 Å². The number of fused-ring (bicyclic) bond motifs is 3. The number of rotatable bonds is 5. The minimum Gasteiger partial charge on any atom is -0.406 e. The summed E-state index contributed by atoms with van der Waals surface area (Å²) in [5.74, 6) is 2.25. The molecule has 3 atom stereocenters. The second kappa shape index (κ2) is 8.51. The van der Waals surface area contributed by atoms with Gasteiger partial charge in [-0.2, -0.15) is 9.47 Å². The highest BCUT2D eigenvalue weighted by Gasteiger charge is 2.42. The van der Waals surface area contributed by atoms with Crippen LogP contribution in [0.4, 0.5) is 18.2 Å². The molecule has 1 aliphatic heterocycles. The number of ether oxygens (including phenoxy) is 1. The molecule has 4 aromatic rings. The topological polar surface area (TPSA) is 55.6 Å². The van der Waals surface area contributed by atoms with Crippen molar-refractivity contribution in [3.8, 4) is 16.9 Å². The van der Waals surface area contributed by atoms with Gasteiger partial charge in [-0.15, -0.1) is 13.2 Å². The van der Waals surface area contributed by atoms with Crippen molar-refractivity contribution in [1.82, 2.24) is 19.0 Å². The minimum atomic E-state index is -4.74. The third-order valence-corrected chi connectivity index (χ3v) is 8.10. The molecule has 3 aromatic heterocycles. The monoisotopic (exact) mass is 499 g/mol. The number of piperidine rings is 1. The van der Waals surface area contributed by atoms with Gasteiger partial charge in [0, 0.05) is 31.3 Å². The number of aromatic nitrogens is 4. The van der Waals surface area contributed by atoms with E-state index in [1.54, 1.807) is 28.2 Å². The highest BCUT2D eigenvalue weighted by molar-refractivity contribution is 7.10. The van der Waals surface area contributed by atoms with E-state index in [0.717, 1.165) is 36.6 Å². The van der Waals surface area contributed by atoms with Gasteiger partial charge in [0.05, 0.1) is 5.69 Å². The number of alkyl halides is 3. The van der Waals surface area contributed by atoms with E-state index in [9.17, 15) is 13.2 Å². The van der Waals surface area contributed by atoms with Crippen LogP contribution in [0, 0.1) is 24.7 Å². The lowest BCUT2D eigenvalue weighted by Crippen LogP contribution is -2.42. The van der Waals surface area contributed by atoms with Crippen molar-refractivity contribution in [1.29, 1.82) is 0 Å². The number of hydrogen-bond acceptors (Lipinski definition) is 6. The summed E-state index contributed by atoms with van der Waals surface area (Å²) in [4.78, 5) is 7.31. The molecule has 182 valence electrons. The van der Waals surface area contributed by atoms with Gasteiger partial charge in [0.1, 0.15) is 10.8 Å². The Morgan fingerprint density at radius 3 is 2.60 bits per heavy atom. The van der Waals surface area contributed by atoms with E-state index in [2.05, 4.69) is 20.1 Å². The number of hydrogen-bond donors (Lipinski definition) is 0. The van der Waals surface area contributed by atoms with E-state index in [0.29, 0.717) is 29.0 Å². The second-order valence-corrected chi connectivity index (χ2v) is 10.3. The molecule has 1 aliphatic carbocycles. The van der Waals surface area contributed by atoms with E-state index in [4.69, 9.17) is 10.1 Å². The van der Waals surface area contributed by atoms with Gasteiger partial charge in [0.2, 0.25) is 0 Å². The Morgan fingerprint density at radius 2 is 1.89 bits per heavy atom. The number of pyridine rings is 1. The molecule has 2 bridgehead atoms. The first-order valence-corrected chi connectivity index (χ1v) is 12.5. The second-order valence-electron chi connectivity index (χ2n) is 9.47. The Balaban J connectivity index is 1.24. The number of halogens is 3. The molecule has 6 nitrogen and oxygen atoms in total. The van der Waals surface area contributed by atoms with Crippen LogP contribution in [0.15, 0.2) is 48.7 Å². The molecule has 35 heavy (non-hydrogen) atoms. The van der Waals surface area contributed by atoms with E-state index in [1.165, 1.54) is 30.0 Å². The lowest BCUT2D eigenvalue weighted by molar-refractivity contribution is -0.274. The van der Waals surface area contributed by atoms with Crippen LogP contribution in [-0.2, 0) is 6.42 Å². The van der Waals surface area contributed by atoms with Crippen LogP contribution in [-0.4, -0.2) is 38.4 Å². The molecule has 0 amide bonds. The zero-order valence-corrected chi connectivity index (χ0v) is 19.9. The summed E-state index contributed by atoms with van der Waals surface area (Å²) < 4.78 is 48.3. The highest BCUT2D eigenvalue weighted by atomic mass is 32.1. The summed E-state index contributed by atoms with van der Waals surface area (Å²) in [6.45, 7) is 4.10. The average molecular weight is 500 g/mol. The Bertz CT molecular complexity index is 1350. The van der Waals surface area contributed by atoms with Crippen LogP contribution in [0.1, 0.15) is 24.4 Å². The average Bonchev–Trinajstić information content (AvgIpc) is 3.48. The Labute approximate surface area is 204 Å². The summed E-state index contributed by atoms with van der Waals surface area (Å²) in [5, 5.41) is 5.98. The van der Waals surface area contributed by atoms with Gasteiger partial charge >= 0.3 is 6.36 Å². The third-order valence-electron chi connectivity index (χ3n) is 7.16. The molecule has 0 N–H and O–H groups in total. The Hall–Kier alpha value is -3.14. The normalized spacial score (nSPS) is 22.2. The van der Waals surface area contributed by atoms with Crippen molar-refractivity contribution in [3.05, 3.63) is 60.2 Å². The standard InChI is InChI=1S/C25H24F3N5OS/c1-15-10-23(35-31-15)32-13-17-7-8-18(14-32)21(17)12-22-29-24-20(6-3-9-33(24)30-22)16-4-2-5-19(11-16)34-25(26,27)28/h2-6,9-11,17-18,21H,7-8,12-14H2,1H3/t17-,18+,21?. The predicted octanol–water partition coefficient (Wildman–Crippen LogP) is 5.76. The van der Waals surface area contributed by atoms with E-state index in [1.807, 2.05) is 25.3 Å². The first kappa shape index (κ1) is 22.3. The molecule has 1 saturated carbocycles. The van der Waals surface area contributed by atoms with Gasteiger partial charge in [0.15, 0.2) is 11.5 Å². The van der Waals surface area contributed by atoms with Crippen LogP contribution < -0.4 is 9.64 Å². The van der Waals surface area contributed by atoms with E-state index in [-0.39, 0.29) is 5.75 Å². The smallest absolute Gasteiger partial charge is 0.406 e. The molecule has 6 rings (SSSR count). The molecule has 0 spiro atoms. The van der Waals surface area contributed by atoms with Gasteiger partial charge < -0.3 is 9.64 Å². The number of nitrogens with zero attached hydrogens (tertiary/aromatic N) is 5. The van der Waals surface area contributed by atoms with Crippen molar-refractivity contribution in [2.75, 3.05) is 18.0 Å². The van der Waals surface area contributed by atoms with Crippen molar-refractivity contribution in [2.24, 2.45) is 17.8 Å². The fourth-order valence-electron chi connectivity index (χ4n) is 5.68. The Kier molecular flexibility index (Phi) is 5.43. The van der Waals surface area contributed by atoms with Crippen LogP contribution in [0.2, 0.25) is 0 Å². The molecule has 2 fully saturated rings. The molecular formula is C25H24F3N5OS. The molecule has 4 heterocycles. The van der Waals surface area contributed by atoms with Crippen molar-refractivity contribution in [2.45, 2.75) is 32.5 Å². The van der Waals surface area contributed by atoms with Crippen LogP contribution in [0.5, 0.6) is 5.75 Å². The van der Waals surface area contributed by atoms with E-state index < -0.39 is 6.36 Å². The molecule has 1 unspecified atom stereocenters. The molecule has 1 aromatic carbocycles.